The maximum absolute atomic E-state index is 13.6. The first-order valence-corrected chi connectivity index (χ1v) is 9.57. The van der Waals surface area contributed by atoms with E-state index in [0.717, 1.165) is 63.7 Å². The van der Waals surface area contributed by atoms with E-state index in [0.29, 0.717) is 12.6 Å². The molecule has 3 aliphatic rings. The monoisotopic (exact) mass is 346 g/mol. The molecule has 1 aromatic carbocycles. The van der Waals surface area contributed by atoms with E-state index in [1.54, 1.807) is 12.1 Å². The number of likely N-dealkylation sites (tertiary alicyclic amines) is 1. The largest absolute Gasteiger partial charge is 0.393 e. The van der Waals surface area contributed by atoms with Crippen molar-refractivity contribution >= 4 is 11.6 Å². The van der Waals surface area contributed by atoms with Gasteiger partial charge in [-0.05, 0) is 63.1 Å². The zero-order valence-electron chi connectivity index (χ0n) is 14.7. The molecule has 1 aliphatic carbocycles. The Bertz CT molecular complexity index is 644. The van der Waals surface area contributed by atoms with E-state index in [-0.39, 0.29) is 23.2 Å². The minimum absolute atomic E-state index is 0.193. The van der Waals surface area contributed by atoms with Gasteiger partial charge in [-0.1, -0.05) is 6.07 Å². The summed E-state index contributed by atoms with van der Waals surface area (Å²) >= 11 is 0. The number of benzene rings is 1. The Hall–Kier alpha value is -1.62. The third kappa shape index (κ3) is 3.14. The minimum atomic E-state index is -0.305. The summed E-state index contributed by atoms with van der Waals surface area (Å²) in [4.78, 5) is 17.5. The van der Waals surface area contributed by atoms with Gasteiger partial charge in [0.05, 0.1) is 11.5 Å². The van der Waals surface area contributed by atoms with Gasteiger partial charge in [-0.2, -0.15) is 0 Å². The molecule has 4 nitrogen and oxygen atoms in total. The summed E-state index contributed by atoms with van der Waals surface area (Å²) in [6, 6.07) is 6.99. The van der Waals surface area contributed by atoms with E-state index in [4.69, 9.17) is 0 Å². The molecule has 1 N–H and O–H groups in total. The molecule has 0 bridgehead atoms. The highest BCUT2D eigenvalue weighted by Gasteiger charge is 2.50. The second kappa shape index (κ2) is 6.60. The summed E-state index contributed by atoms with van der Waals surface area (Å²) in [5, 5.41) is 9.72. The van der Waals surface area contributed by atoms with Crippen molar-refractivity contribution in [1.29, 1.82) is 0 Å². The quantitative estimate of drug-likeness (QED) is 0.895. The van der Waals surface area contributed by atoms with Gasteiger partial charge in [0.2, 0.25) is 5.91 Å². The zero-order valence-corrected chi connectivity index (χ0v) is 14.7. The van der Waals surface area contributed by atoms with Gasteiger partial charge in [0.15, 0.2) is 0 Å². The molecular weight excluding hydrogens is 319 g/mol. The Morgan fingerprint density at radius 2 is 1.92 bits per heavy atom. The number of nitrogens with zero attached hydrogens (tertiary/aromatic N) is 2. The van der Waals surface area contributed by atoms with Crippen LogP contribution in [0, 0.1) is 11.2 Å². The Morgan fingerprint density at radius 1 is 1.12 bits per heavy atom. The van der Waals surface area contributed by atoms with Crippen LogP contribution in [0.4, 0.5) is 10.1 Å². The van der Waals surface area contributed by atoms with Crippen LogP contribution in [-0.2, 0) is 4.79 Å². The number of amides is 1. The highest BCUT2D eigenvalue weighted by Crippen LogP contribution is 2.43. The Morgan fingerprint density at radius 3 is 2.68 bits per heavy atom. The summed E-state index contributed by atoms with van der Waals surface area (Å²) in [5.41, 5.74) is 0.576. The van der Waals surface area contributed by atoms with Crippen molar-refractivity contribution in [1.82, 2.24) is 4.90 Å². The molecule has 0 radical (unpaired) electrons. The second-order valence-electron chi connectivity index (χ2n) is 8.00. The number of hydrogen-bond donors (Lipinski definition) is 1. The predicted molar refractivity (Wildman–Crippen MR) is 94.9 cm³/mol. The summed E-state index contributed by atoms with van der Waals surface area (Å²) in [5.74, 6) is 0.0623. The molecule has 0 aromatic heterocycles. The average molecular weight is 346 g/mol. The van der Waals surface area contributed by atoms with Crippen molar-refractivity contribution in [3.8, 4) is 0 Å². The van der Waals surface area contributed by atoms with E-state index in [9.17, 15) is 14.3 Å². The molecule has 1 atom stereocenters. The lowest BCUT2D eigenvalue weighted by atomic mass is 9.78. The number of carbonyl (C=O) groups excluding carboxylic acids is 1. The lowest BCUT2D eigenvalue weighted by molar-refractivity contribution is -0.139. The minimum Gasteiger partial charge on any atom is -0.393 e. The fourth-order valence-electron chi connectivity index (χ4n) is 4.97. The Labute approximate surface area is 148 Å². The number of piperidine rings is 1. The van der Waals surface area contributed by atoms with E-state index in [2.05, 4.69) is 9.80 Å². The van der Waals surface area contributed by atoms with Crippen LogP contribution >= 0.6 is 0 Å². The molecule has 136 valence electrons. The number of hydrogen-bond acceptors (Lipinski definition) is 3. The highest BCUT2D eigenvalue weighted by molar-refractivity contribution is 5.86. The molecule has 3 fully saturated rings. The first-order valence-electron chi connectivity index (χ1n) is 9.57. The third-order valence-corrected chi connectivity index (χ3v) is 6.40. The van der Waals surface area contributed by atoms with Crippen LogP contribution in [0.5, 0.6) is 0 Å². The number of halogens is 1. The van der Waals surface area contributed by atoms with Crippen LogP contribution in [-0.4, -0.2) is 47.7 Å². The van der Waals surface area contributed by atoms with Crippen molar-refractivity contribution in [2.24, 2.45) is 5.41 Å². The standard InChI is InChI=1S/C20H27FN2O2/c21-15-3-1-4-17(13-15)22-11-2-9-20(14-22)10-12-23(19(20)25)16-5-7-18(24)8-6-16/h1,3-4,13,16,18,24H,2,5-12,14H2/t16?,18?,20-/m1/s1. The van der Waals surface area contributed by atoms with Crippen LogP contribution in [0.2, 0.25) is 0 Å². The molecule has 2 aliphatic heterocycles. The average Bonchev–Trinajstić information content (AvgIpc) is 2.92. The zero-order chi connectivity index (χ0) is 17.4. The van der Waals surface area contributed by atoms with Crippen molar-refractivity contribution in [3.05, 3.63) is 30.1 Å². The van der Waals surface area contributed by atoms with Crippen LogP contribution in [0.15, 0.2) is 24.3 Å². The molecule has 4 rings (SSSR count). The fourth-order valence-corrected chi connectivity index (χ4v) is 4.97. The topological polar surface area (TPSA) is 43.8 Å². The smallest absolute Gasteiger partial charge is 0.230 e. The van der Waals surface area contributed by atoms with Crippen LogP contribution in [0.1, 0.15) is 44.9 Å². The molecule has 1 saturated carbocycles. The third-order valence-electron chi connectivity index (χ3n) is 6.40. The van der Waals surface area contributed by atoms with Gasteiger partial charge in [0, 0.05) is 31.4 Å². The number of aliphatic hydroxyl groups excluding tert-OH is 1. The number of rotatable bonds is 2. The summed E-state index contributed by atoms with van der Waals surface area (Å²) in [6.07, 6.45) is 6.04. The molecular formula is C20H27FN2O2. The van der Waals surface area contributed by atoms with Crippen molar-refractivity contribution < 1.29 is 14.3 Å². The first-order chi connectivity index (χ1) is 12.1. The van der Waals surface area contributed by atoms with E-state index in [1.165, 1.54) is 6.07 Å². The lowest BCUT2D eigenvalue weighted by Crippen LogP contribution is -2.50. The molecule has 2 saturated heterocycles. The van der Waals surface area contributed by atoms with E-state index >= 15 is 0 Å². The van der Waals surface area contributed by atoms with Gasteiger partial charge >= 0.3 is 0 Å². The maximum atomic E-state index is 13.6. The molecule has 1 aromatic rings. The molecule has 1 amide bonds. The van der Waals surface area contributed by atoms with Crippen LogP contribution < -0.4 is 4.90 Å². The van der Waals surface area contributed by atoms with Gasteiger partial charge in [0.25, 0.3) is 0 Å². The maximum Gasteiger partial charge on any atom is 0.230 e. The van der Waals surface area contributed by atoms with Crippen molar-refractivity contribution in [2.75, 3.05) is 24.5 Å². The summed E-state index contributed by atoms with van der Waals surface area (Å²) in [7, 11) is 0. The molecule has 25 heavy (non-hydrogen) atoms. The molecule has 5 heteroatoms. The molecule has 1 spiro atoms. The van der Waals surface area contributed by atoms with Crippen LogP contribution in [0.3, 0.4) is 0 Å². The normalized spacial score (nSPS) is 33.3. The summed E-state index contributed by atoms with van der Waals surface area (Å²) in [6.45, 7) is 2.41. The Balaban J connectivity index is 1.49. The molecule has 2 heterocycles. The van der Waals surface area contributed by atoms with Gasteiger partial charge in [-0.15, -0.1) is 0 Å². The fraction of sp³-hybridized carbons (Fsp3) is 0.650. The number of aliphatic hydroxyl groups is 1. The van der Waals surface area contributed by atoms with Crippen LogP contribution in [0.25, 0.3) is 0 Å². The van der Waals surface area contributed by atoms with E-state index < -0.39 is 0 Å². The van der Waals surface area contributed by atoms with Gasteiger partial charge in [-0.3, -0.25) is 4.79 Å². The van der Waals surface area contributed by atoms with Crippen molar-refractivity contribution in [2.45, 2.75) is 57.1 Å². The van der Waals surface area contributed by atoms with Crippen molar-refractivity contribution in [3.63, 3.8) is 0 Å². The van der Waals surface area contributed by atoms with Gasteiger partial charge < -0.3 is 14.9 Å². The van der Waals surface area contributed by atoms with Gasteiger partial charge in [-0.25, -0.2) is 4.39 Å². The Kier molecular flexibility index (Phi) is 4.44. The lowest BCUT2D eigenvalue weighted by Gasteiger charge is -2.41. The highest BCUT2D eigenvalue weighted by atomic mass is 19.1. The summed E-state index contributed by atoms with van der Waals surface area (Å²) < 4.78 is 13.6. The number of carbonyl (C=O) groups is 1. The second-order valence-corrected chi connectivity index (χ2v) is 8.00. The molecule has 0 unspecified atom stereocenters. The first kappa shape index (κ1) is 16.8. The van der Waals surface area contributed by atoms with E-state index in [1.807, 2.05) is 6.07 Å². The SMILES string of the molecule is O=C1N(C2CCC(O)CC2)CC[C@@]12CCCN(c1cccc(F)c1)C2. The number of anilines is 1. The van der Waals surface area contributed by atoms with Gasteiger partial charge in [0.1, 0.15) is 5.82 Å². The predicted octanol–water partition coefficient (Wildman–Crippen LogP) is 2.95.